The molecule has 0 aromatic rings. The minimum atomic E-state index is -2.43. The van der Waals surface area contributed by atoms with Crippen LogP contribution >= 0.6 is 0 Å². The summed E-state index contributed by atoms with van der Waals surface area (Å²) in [4.78, 5) is 0. The first kappa shape index (κ1) is 13.7. The van der Waals surface area contributed by atoms with Crippen LogP contribution in [0.2, 0.25) is 0 Å². The molecule has 0 unspecified atom stereocenters. The summed E-state index contributed by atoms with van der Waals surface area (Å²) in [6.07, 6.45) is 6.35. The second kappa shape index (κ2) is 5.97. The van der Waals surface area contributed by atoms with Crippen LogP contribution in [0.4, 0.5) is 8.78 Å². The monoisotopic (exact) mass is 256 g/mol. The molecule has 0 atom stereocenters. The zero-order valence-electron chi connectivity index (χ0n) is 10.8. The summed E-state index contributed by atoms with van der Waals surface area (Å²) in [6.45, 7) is 0. The van der Waals surface area contributed by atoms with Gasteiger partial charge in [0.2, 0.25) is 5.92 Å². The van der Waals surface area contributed by atoms with Crippen LogP contribution < -0.4 is 5.32 Å². The van der Waals surface area contributed by atoms with Crippen molar-refractivity contribution in [2.24, 2.45) is 5.92 Å². The molecule has 0 heterocycles. The predicted octanol–water partition coefficient (Wildman–Crippen LogP) is 3.63. The second-order valence-electron chi connectivity index (χ2n) is 5.88. The molecular formula is C14H22F2N2. The molecule has 0 aliphatic heterocycles. The van der Waals surface area contributed by atoms with E-state index in [1.165, 1.54) is 0 Å². The van der Waals surface area contributed by atoms with Crippen molar-refractivity contribution in [3.63, 3.8) is 0 Å². The number of nitriles is 1. The standard InChI is InChI=1S/C14H22F2N2/c15-14(16)8-5-13(6-9-14)18-12-3-1-11(2-4-12)7-10-17/h11-13,18H,1-9H2. The first-order valence-electron chi connectivity index (χ1n) is 7.10. The van der Waals surface area contributed by atoms with Crippen molar-refractivity contribution in [1.29, 1.82) is 5.26 Å². The molecule has 0 spiro atoms. The van der Waals surface area contributed by atoms with Crippen molar-refractivity contribution < 1.29 is 8.78 Å². The number of halogens is 2. The maximum atomic E-state index is 13.0. The van der Waals surface area contributed by atoms with E-state index in [1.54, 1.807) is 0 Å². The molecule has 2 aliphatic rings. The van der Waals surface area contributed by atoms with Gasteiger partial charge < -0.3 is 5.32 Å². The van der Waals surface area contributed by atoms with Crippen molar-refractivity contribution in [3.8, 4) is 6.07 Å². The number of hydrogen-bond acceptors (Lipinski definition) is 2. The number of hydrogen-bond donors (Lipinski definition) is 1. The Morgan fingerprint density at radius 2 is 1.56 bits per heavy atom. The zero-order chi connectivity index (χ0) is 13.0. The maximum Gasteiger partial charge on any atom is 0.248 e. The third-order valence-corrected chi connectivity index (χ3v) is 4.42. The summed E-state index contributed by atoms with van der Waals surface area (Å²) in [7, 11) is 0. The highest BCUT2D eigenvalue weighted by Gasteiger charge is 2.35. The Kier molecular flexibility index (Phi) is 4.55. The molecule has 2 rings (SSSR count). The quantitative estimate of drug-likeness (QED) is 0.837. The van der Waals surface area contributed by atoms with Crippen molar-refractivity contribution in [1.82, 2.24) is 5.32 Å². The lowest BCUT2D eigenvalue weighted by Crippen LogP contribution is -2.44. The molecule has 2 fully saturated rings. The Bertz CT molecular complexity index is 293. The van der Waals surface area contributed by atoms with Gasteiger partial charge in [-0.1, -0.05) is 0 Å². The summed E-state index contributed by atoms with van der Waals surface area (Å²) >= 11 is 0. The van der Waals surface area contributed by atoms with Gasteiger partial charge >= 0.3 is 0 Å². The van der Waals surface area contributed by atoms with Gasteiger partial charge in [-0.05, 0) is 44.4 Å². The summed E-state index contributed by atoms with van der Waals surface area (Å²) in [5.74, 6) is -1.87. The Hall–Kier alpha value is -0.690. The van der Waals surface area contributed by atoms with Crippen LogP contribution in [0, 0.1) is 17.2 Å². The molecule has 0 saturated heterocycles. The van der Waals surface area contributed by atoms with Gasteiger partial charge in [-0.25, -0.2) is 8.78 Å². The van der Waals surface area contributed by atoms with Crippen molar-refractivity contribution in [3.05, 3.63) is 0 Å². The Labute approximate surface area is 108 Å². The van der Waals surface area contributed by atoms with Crippen molar-refractivity contribution in [2.45, 2.75) is 75.8 Å². The molecule has 2 saturated carbocycles. The number of nitrogens with zero attached hydrogens (tertiary/aromatic N) is 1. The Morgan fingerprint density at radius 1 is 1.00 bits per heavy atom. The highest BCUT2D eigenvalue weighted by molar-refractivity contribution is 4.87. The third kappa shape index (κ3) is 3.91. The average Bonchev–Trinajstić information content (AvgIpc) is 2.35. The van der Waals surface area contributed by atoms with Crippen LogP contribution in [-0.2, 0) is 0 Å². The van der Waals surface area contributed by atoms with Crippen LogP contribution in [0.25, 0.3) is 0 Å². The van der Waals surface area contributed by atoms with Crippen molar-refractivity contribution >= 4 is 0 Å². The smallest absolute Gasteiger partial charge is 0.248 e. The first-order valence-corrected chi connectivity index (χ1v) is 7.10. The van der Waals surface area contributed by atoms with E-state index in [4.69, 9.17) is 5.26 Å². The van der Waals surface area contributed by atoms with Crippen LogP contribution in [-0.4, -0.2) is 18.0 Å². The largest absolute Gasteiger partial charge is 0.311 e. The highest BCUT2D eigenvalue weighted by atomic mass is 19.3. The Morgan fingerprint density at radius 3 is 2.11 bits per heavy atom. The predicted molar refractivity (Wildman–Crippen MR) is 66.3 cm³/mol. The van der Waals surface area contributed by atoms with Gasteiger partial charge in [0.25, 0.3) is 0 Å². The molecule has 4 heteroatoms. The average molecular weight is 256 g/mol. The number of rotatable bonds is 3. The lowest BCUT2D eigenvalue weighted by Gasteiger charge is -2.35. The Balaban J connectivity index is 1.68. The summed E-state index contributed by atoms with van der Waals surface area (Å²) < 4.78 is 26.1. The lowest BCUT2D eigenvalue weighted by atomic mass is 9.83. The van der Waals surface area contributed by atoms with Gasteiger partial charge in [-0.15, -0.1) is 0 Å². The van der Waals surface area contributed by atoms with E-state index in [0.29, 0.717) is 31.2 Å². The van der Waals surface area contributed by atoms with Gasteiger partial charge in [0, 0.05) is 31.3 Å². The van der Waals surface area contributed by atoms with Crippen LogP contribution in [0.3, 0.4) is 0 Å². The molecule has 0 aromatic heterocycles. The van der Waals surface area contributed by atoms with Gasteiger partial charge in [-0.3, -0.25) is 0 Å². The molecule has 0 radical (unpaired) electrons. The third-order valence-electron chi connectivity index (χ3n) is 4.42. The molecule has 0 aromatic carbocycles. The minimum Gasteiger partial charge on any atom is -0.311 e. The summed E-state index contributed by atoms with van der Waals surface area (Å²) in [6, 6.07) is 3.00. The molecule has 1 N–H and O–H groups in total. The van der Waals surface area contributed by atoms with E-state index >= 15 is 0 Å². The minimum absolute atomic E-state index is 0.0362. The van der Waals surface area contributed by atoms with Crippen LogP contribution in [0.15, 0.2) is 0 Å². The molecule has 0 bridgehead atoms. The van der Waals surface area contributed by atoms with Gasteiger partial charge in [-0.2, -0.15) is 5.26 Å². The topological polar surface area (TPSA) is 35.8 Å². The fourth-order valence-electron chi connectivity index (χ4n) is 3.20. The normalized spacial score (nSPS) is 32.9. The van der Waals surface area contributed by atoms with Crippen molar-refractivity contribution in [2.75, 3.05) is 0 Å². The lowest BCUT2D eigenvalue weighted by molar-refractivity contribution is -0.0416. The molecule has 2 nitrogen and oxygen atoms in total. The van der Waals surface area contributed by atoms with E-state index in [-0.39, 0.29) is 18.9 Å². The van der Waals surface area contributed by atoms with E-state index in [1.807, 2.05) is 0 Å². The van der Waals surface area contributed by atoms with Crippen LogP contribution in [0.1, 0.15) is 57.8 Å². The summed E-state index contributed by atoms with van der Waals surface area (Å²) in [5, 5.41) is 12.2. The zero-order valence-corrected chi connectivity index (χ0v) is 10.8. The van der Waals surface area contributed by atoms with Gasteiger partial charge in [0.05, 0.1) is 6.07 Å². The number of nitrogens with one attached hydrogen (secondary N) is 1. The molecule has 102 valence electrons. The molecule has 0 amide bonds. The molecule has 18 heavy (non-hydrogen) atoms. The molecular weight excluding hydrogens is 234 g/mol. The fourth-order valence-corrected chi connectivity index (χ4v) is 3.20. The van der Waals surface area contributed by atoms with Crippen LogP contribution in [0.5, 0.6) is 0 Å². The highest BCUT2D eigenvalue weighted by Crippen LogP contribution is 2.34. The van der Waals surface area contributed by atoms with E-state index in [9.17, 15) is 8.78 Å². The maximum absolute atomic E-state index is 13.0. The van der Waals surface area contributed by atoms with E-state index < -0.39 is 5.92 Å². The van der Waals surface area contributed by atoms with Gasteiger partial charge in [0.15, 0.2) is 0 Å². The van der Waals surface area contributed by atoms with Gasteiger partial charge in [0.1, 0.15) is 0 Å². The second-order valence-corrected chi connectivity index (χ2v) is 5.88. The fraction of sp³-hybridized carbons (Fsp3) is 0.929. The van der Waals surface area contributed by atoms with E-state index in [0.717, 1.165) is 25.7 Å². The van der Waals surface area contributed by atoms with E-state index in [2.05, 4.69) is 11.4 Å². The molecule has 2 aliphatic carbocycles. The number of alkyl halides is 2. The first-order chi connectivity index (χ1) is 8.59. The SMILES string of the molecule is N#CCC1CCC(NC2CCC(F)(F)CC2)CC1. The summed E-state index contributed by atoms with van der Waals surface area (Å²) in [5.41, 5.74) is 0.